The standard InChI is InChI=1S/C21H30N2O.ClH/c1-3-21(24)22(2)19-12-14-23(15-13-19)20(18-10-7-11-18)16-17-8-5-4-6-9-17;/h4-6,8-10,19-20H,3,7,11-16H2,1-2H3;1H. The molecule has 3 rings (SSSR count). The van der Waals surface area contributed by atoms with Gasteiger partial charge in [0.15, 0.2) is 0 Å². The van der Waals surface area contributed by atoms with E-state index < -0.39 is 0 Å². The van der Waals surface area contributed by atoms with E-state index in [0.717, 1.165) is 32.4 Å². The molecule has 2 aliphatic rings. The molecule has 0 radical (unpaired) electrons. The Hall–Kier alpha value is -1.32. The third-order valence-corrected chi connectivity index (χ3v) is 5.72. The van der Waals surface area contributed by atoms with Crippen LogP contribution in [0, 0.1) is 0 Å². The van der Waals surface area contributed by atoms with Crippen LogP contribution in [0.5, 0.6) is 0 Å². The van der Waals surface area contributed by atoms with E-state index in [2.05, 4.69) is 41.3 Å². The summed E-state index contributed by atoms with van der Waals surface area (Å²) in [6, 6.07) is 11.8. The van der Waals surface area contributed by atoms with Crippen molar-refractivity contribution in [2.24, 2.45) is 0 Å². The molecule has 0 saturated carbocycles. The van der Waals surface area contributed by atoms with Gasteiger partial charge in [-0.1, -0.05) is 48.9 Å². The summed E-state index contributed by atoms with van der Waals surface area (Å²) >= 11 is 0. The van der Waals surface area contributed by atoms with Crippen LogP contribution in [0.2, 0.25) is 0 Å². The number of amides is 1. The summed E-state index contributed by atoms with van der Waals surface area (Å²) in [5.41, 5.74) is 3.05. The van der Waals surface area contributed by atoms with Crippen LogP contribution < -0.4 is 0 Å². The maximum absolute atomic E-state index is 11.9. The van der Waals surface area contributed by atoms with Crippen molar-refractivity contribution in [1.29, 1.82) is 0 Å². The summed E-state index contributed by atoms with van der Waals surface area (Å²) in [6.07, 6.45) is 8.84. The molecule has 3 nitrogen and oxygen atoms in total. The number of piperidine rings is 1. The Kier molecular flexibility index (Phi) is 7.52. The lowest BCUT2D eigenvalue weighted by atomic mass is 9.86. The zero-order valence-corrected chi connectivity index (χ0v) is 16.3. The minimum absolute atomic E-state index is 0. The quantitative estimate of drug-likeness (QED) is 0.712. The van der Waals surface area contributed by atoms with Gasteiger partial charge in [0, 0.05) is 38.6 Å². The van der Waals surface area contributed by atoms with Gasteiger partial charge in [-0.05, 0) is 37.7 Å². The Morgan fingerprint density at radius 3 is 2.40 bits per heavy atom. The summed E-state index contributed by atoms with van der Waals surface area (Å²) in [7, 11) is 1.97. The Bertz CT molecular complexity index is 579. The van der Waals surface area contributed by atoms with Gasteiger partial charge in [-0.3, -0.25) is 9.69 Å². The summed E-state index contributed by atoms with van der Waals surface area (Å²) in [6.45, 7) is 4.15. The number of carbonyl (C=O) groups excluding carboxylic acids is 1. The highest BCUT2D eigenvalue weighted by Crippen LogP contribution is 2.30. The molecule has 1 atom stereocenters. The minimum atomic E-state index is 0. The highest BCUT2D eigenvalue weighted by Gasteiger charge is 2.31. The van der Waals surface area contributed by atoms with Gasteiger partial charge in [0.2, 0.25) is 5.91 Å². The Morgan fingerprint density at radius 1 is 1.24 bits per heavy atom. The van der Waals surface area contributed by atoms with Crippen LogP contribution in [0.1, 0.15) is 44.6 Å². The molecule has 25 heavy (non-hydrogen) atoms. The lowest BCUT2D eigenvalue weighted by Gasteiger charge is -2.42. The first kappa shape index (κ1) is 20.0. The van der Waals surface area contributed by atoms with Crippen molar-refractivity contribution >= 4 is 18.3 Å². The van der Waals surface area contributed by atoms with Gasteiger partial charge in [-0.15, -0.1) is 12.4 Å². The number of halogens is 1. The van der Waals surface area contributed by atoms with Crippen molar-refractivity contribution in [2.75, 3.05) is 20.1 Å². The second-order valence-electron chi connectivity index (χ2n) is 7.15. The number of likely N-dealkylation sites (tertiary alicyclic amines) is 1. The van der Waals surface area contributed by atoms with Crippen molar-refractivity contribution in [3.8, 4) is 0 Å². The van der Waals surface area contributed by atoms with Gasteiger partial charge in [-0.25, -0.2) is 0 Å². The molecular formula is C21H31ClN2O. The van der Waals surface area contributed by atoms with Crippen LogP contribution >= 0.6 is 12.4 Å². The first-order valence-corrected chi connectivity index (χ1v) is 9.41. The molecule has 1 aromatic rings. The van der Waals surface area contributed by atoms with Crippen molar-refractivity contribution in [1.82, 2.24) is 9.80 Å². The number of carbonyl (C=O) groups is 1. The third kappa shape index (κ3) is 4.86. The van der Waals surface area contributed by atoms with Crippen LogP contribution in [0.25, 0.3) is 0 Å². The van der Waals surface area contributed by atoms with Gasteiger partial charge in [0.1, 0.15) is 0 Å². The van der Waals surface area contributed by atoms with Crippen molar-refractivity contribution in [3.63, 3.8) is 0 Å². The van der Waals surface area contributed by atoms with Crippen LogP contribution in [0.15, 0.2) is 42.0 Å². The highest BCUT2D eigenvalue weighted by atomic mass is 35.5. The zero-order chi connectivity index (χ0) is 16.9. The molecular weight excluding hydrogens is 332 g/mol. The SMILES string of the molecule is CCC(=O)N(C)C1CCN(C(Cc2ccccc2)C2=CCC2)CC1.Cl. The molecule has 0 N–H and O–H groups in total. The van der Waals surface area contributed by atoms with Crippen LogP contribution in [-0.4, -0.2) is 47.9 Å². The van der Waals surface area contributed by atoms with Crippen LogP contribution in [-0.2, 0) is 11.2 Å². The average Bonchev–Trinajstić information content (AvgIpc) is 2.59. The fourth-order valence-corrected chi connectivity index (χ4v) is 3.98. The topological polar surface area (TPSA) is 23.6 Å². The molecule has 0 bridgehead atoms. The highest BCUT2D eigenvalue weighted by molar-refractivity contribution is 5.85. The van der Waals surface area contributed by atoms with E-state index in [1.165, 1.54) is 18.4 Å². The number of hydrogen-bond acceptors (Lipinski definition) is 2. The Morgan fingerprint density at radius 2 is 1.88 bits per heavy atom. The number of nitrogens with zero attached hydrogens (tertiary/aromatic N) is 2. The van der Waals surface area contributed by atoms with Crippen LogP contribution in [0.4, 0.5) is 0 Å². The summed E-state index contributed by atoms with van der Waals surface area (Å²) < 4.78 is 0. The van der Waals surface area contributed by atoms with Crippen molar-refractivity contribution < 1.29 is 4.79 Å². The second-order valence-corrected chi connectivity index (χ2v) is 7.15. The van der Waals surface area contributed by atoms with Gasteiger partial charge in [-0.2, -0.15) is 0 Å². The predicted molar refractivity (Wildman–Crippen MR) is 106 cm³/mol. The van der Waals surface area contributed by atoms with Gasteiger partial charge < -0.3 is 4.90 Å². The summed E-state index contributed by atoms with van der Waals surface area (Å²) in [5, 5.41) is 0. The van der Waals surface area contributed by atoms with E-state index in [1.54, 1.807) is 5.57 Å². The lowest BCUT2D eigenvalue weighted by Crippen LogP contribution is -2.49. The van der Waals surface area contributed by atoms with Gasteiger partial charge in [0.25, 0.3) is 0 Å². The van der Waals surface area contributed by atoms with Crippen molar-refractivity contribution in [3.05, 3.63) is 47.5 Å². The monoisotopic (exact) mass is 362 g/mol. The summed E-state index contributed by atoms with van der Waals surface area (Å²) in [5.74, 6) is 0.274. The molecule has 1 amide bonds. The first-order chi connectivity index (χ1) is 11.7. The Labute approximate surface area is 158 Å². The molecule has 1 heterocycles. The fourth-order valence-electron chi connectivity index (χ4n) is 3.98. The normalized spacial score (nSPS) is 19.4. The average molecular weight is 363 g/mol. The molecule has 1 unspecified atom stereocenters. The molecule has 0 aromatic heterocycles. The number of rotatable bonds is 6. The maximum atomic E-state index is 11.9. The fraction of sp³-hybridized carbons (Fsp3) is 0.571. The Balaban J connectivity index is 0.00000225. The smallest absolute Gasteiger partial charge is 0.222 e. The van der Waals surface area contributed by atoms with E-state index >= 15 is 0 Å². The van der Waals surface area contributed by atoms with E-state index in [1.807, 2.05) is 18.9 Å². The number of allylic oxidation sites excluding steroid dienone is 1. The van der Waals surface area contributed by atoms with Gasteiger partial charge >= 0.3 is 0 Å². The maximum Gasteiger partial charge on any atom is 0.222 e. The first-order valence-electron chi connectivity index (χ1n) is 9.41. The molecule has 138 valence electrons. The number of benzene rings is 1. The predicted octanol–water partition coefficient (Wildman–Crippen LogP) is 4.07. The number of hydrogen-bond donors (Lipinski definition) is 0. The second kappa shape index (κ2) is 9.40. The largest absolute Gasteiger partial charge is 0.343 e. The molecule has 0 spiro atoms. The summed E-state index contributed by atoms with van der Waals surface area (Å²) in [4.78, 5) is 16.6. The van der Waals surface area contributed by atoms with Gasteiger partial charge in [0.05, 0.1) is 0 Å². The van der Waals surface area contributed by atoms with E-state index in [9.17, 15) is 4.79 Å². The molecule has 1 aliphatic heterocycles. The van der Waals surface area contributed by atoms with E-state index in [-0.39, 0.29) is 18.3 Å². The van der Waals surface area contributed by atoms with E-state index in [0.29, 0.717) is 18.5 Å². The van der Waals surface area contributed by atoms with E-state index in [4.69, 9.17) is 0 Å². The lowest BCUT2D eigenvalue weighted by molar-refractivity contribution is -0.132. The molecule has 4 heteroatoms. The molecule has 1 aliphatic carbocycles. The minimum Gasteiger partial charge on any atom is -0.343 e. The third-order valence-electron chi connectivity index (χ3n) is 5.72. The van der Waals surface area contributed by atoms with Crippen LogP contribution in [0.3, 0.4) is 0 Å². The molecule has 1 fully saturated rings. The van der Waals surface area contributed by atoms with Crippen molar-refractivity contribution in [2.45, 2.75) is 57.5 Å². The zero-order valence-electron chi connectivity index (χ0n) is 15.5. The molecule has 1 saturated heterocycles. The molecule has 1 aromatic carbocycles.